The minimum atomic E-state index is -0.456. The fraction of sp³-hybridized carbons (Fsp3) is 0.900. The van der Waals surface area contributed by atoms with E-state index in [-0.39, 0.29) is 12.1 Å². The van der Waals surface area contributed by atoms with Gasteiger partial charge in [-0.05, 0) is 39.2 Å². The highest BCUT2D eigenvalue weighted by Crippen LogP contribution is 2.07. The molecule has 0 saturated heterocycles. The number of carbonyl (C=O) groups excluding carboxylic acids is 1. The molecule has 0 aliphatic carbocycles. The molecule has 0 aromatic carbocycles. The van der Waals surface area contributed by atoms with E-state index in [0.29, 0.717) is 6.54 Å². The van der Waals surface area contributed by atoms with E-state index in [0.717, 1.165) is 12.2 Å². The molecular formula is C10H22N2O2S. The second kappa shape index (κ2) is 6.95. The lowest BCUT2D eigenvalue weighted by atomic mass is 10.2. The van der Waals surface area contributed by atoms with Crippen LogP contribution in [-0.2, 0) is 4.74 Å². The summed E-state index contributed by atoms with van der Waals surface area (Å²) in [5.74, 6) is 0.984. The summed E-state index contributed by atoms with van der Waals surface area (Å²) in [7, 11) is 0. The highest BCUT2D eigenvalue weighted by Gasteiger charge is 2.18. The van der Waals surface area contributed by atoms with E-state index < -0.39 is 5.60 Å². The number of nitrogens with two attached hydrogens (primary N) is 1. The maximum atomic E-state index is 11.4. The van der Waals surface area contributed by atoms with E-state index in [2.05, 4.69) is 5.32 Å². The van der Waals surface area contributed by atoms with Crippen LogP contribution >= 0.6 is 11.8 Å². The van der Waals surface area contributed by atoms with Gasteiger partial charge >= 0.3 is 6.09 Å². The number of hydrogen-bond acceptors (Lipinski definition) is 4. The van der Waals surface area contributed by atoms with Crippen molar-refractivity contribution in [2.45, 2.75) is 38.8 Å². The molecule has 0 unspecified atom stereocenters. The lowest BCUT2D eigenvalue weighted by Crippen LogP contribution is -2.43. The van der Waals surface area contributed by atoms with Crippen molar-refractivity contribution in [2.75, 3.05) is 18.6 Å². The monoisotopic (exact) mass is 234 g/mol. The molecule has 0 aromatic heterocycles. The summed E-state index contributed by atoms with van der Waals surface area (Å²) >= 11 is 1.74. The van der Waals surface area contributed by atoms with Gasteiger partial charge in [0.2, 0.25) is 0 Å². The summed E-state index contributed by atoms with van der Waals surface area (Å²) in [5, 5.41) is 2.76. The van der Waals surface area contributed by atoms with Crippen LogP contribution in [0.3, 0.4) is 0 Å². The molecule has 90 valence electrons. The van der Waals surface area contributed by atoms with Crippen LogP contribution in [0.2, 0.25) is 0 Å². The summed E-state index contributed by atoms with van der Waals surface area (Å²) in [4.78, 5) is 11.4. The number of alkyl carbamates (subject to hydrolysis) is 1. The molecule has 5 heteroatoms. The molecule has 3 N–H and O–H groups in total. The first-order valence-electron chi connectivity index (χ1n) is 5.07. The van der Waals surface area contributed by atoms with Crippen LogP contribution < -0.4 is 11.1 Å². The molecule has 1 atom stereocenters. The van der Waals surface area contributed by atoms with E-state index in [9.17, 15) is 4.79 Å². The van der Waals surface area contributed by atoms with Crippen LogP contribution in [0.15, 0.2) is 0 Å². The van der Waals surface area contributed by atoms with Crippen LogP contribution in [0.5, 0.6) is 0 Å². The smallest absolute Gasteiger partial charge is 0.407 e. The molecular weight excluding hydrogens is 212 g/mol. The Balaban J connectivity index is 3.91. The summed E-state index contributed by atoms with van der Waals surface area (Å²) in [6, 6.07) is 0.00676. The zero-order chi connectivity index (χ0) is 11.9. The Hall–Kier alpha value is -0.420. The van der Waals surface area contributed by atoms with Gasteiger partial charge in [0, 0.05) is 12.6 Å². The Morgan fingerprint density at radius 3 is 2.53 bits per heavy atom. The fourth-order valence-electron chi connectivity index (χ4n) is 0.983. The molecule has 0 rings (SSSR count). The second-order valence-corrected chi connectivity index (χ2v) is 5.35. The number of carbonyl (C=O) groups is 1. The third-order valence-corrected chi connectivity index (χ3v) is 2.32. The van der Waals surface area contributed by atoms with Crippen LogP contribution in [0.4, 0.5) is 4.79 Å². The van der Waals surface area contributed by atoms with Gasteiger partial charge in [0.05, 0.1) is 0 Å². The van der Waals surface area contributed by atoms with E-state index in [1.807, 2.05) is 27.0 Å². The Bertz CT molecular complexity index is 192. The number of ether oxygens (including phenoxy) is 1. The first kappa shape index (κ1) is 14.6. The van der Waals surface area contributed by atoms with Crippen molar-refractivity contribution >= 4 is 17.9 Å². The SMILES string of the molecule is CSCC[C@H](CN)NC(=O)OC(C)(C)C. The topological polar surface area (TPSA) is 64.3 Å². The number of amides is 1. The third kappa shape index (κ3) is 8.57. The van der Waals surface area contributed by atoms with E-state index >= 15 is 0 Å². The largest absolute Gasteiger partial charge is 0.444 e. The van der Waals surface area contributed by atoms with Crippen LogP contribution in [-0.4, -0.2) is 36.3 Å². The van der Waals surface area contributed by atoms with Gasteiger partial charge in [-0.1, -0.05) is 0 Å². The molecule has 0 spiro atoms. The van der Waals surface area contributed by atoms with Gasteiger partial charge in [-0.2, -0.15) is 11.8 Å². The standard InChI is InChI=1S/C10H22N2O2S/c1-10(2,3)14-9(13)12-8(7-11)5-6-15-4/h8H,5-7,11H2,1-4H3,(H,12,13)/t8-/m1/s1. The van der Waals surface area contributed by atoms with Crippen molar-refractivity contribution in [2.24, 2.45) is 5.73 Å². The summed E-state index contributed by atoms with van der Waals surface area (Å²) in [5.41, 5.74) is 5.09. The van der Waals surface area contributed by atoms with Crippen molar-refractivity contribution in [3.8, 4) is 0 Å². The van der Waals surface area contributed by atoms with Crippen molar-refractivity contribution < 1.29 is 9.53 Å². The number of thioether (sulfide) groups is 1. The average Bonchev–Trinajstić information content (AvgIpc) is 2.09. The Labute approximate surface area is 96.3 Å². The minimum Gasteiger partial charge on any atom is -0.444 e. The number of rotatable bonds is 5. The predicted molar refractivity (Wildman–Crippen MR) is 65.2 cm³/mol. The molecule has 0 fully saturated rings. The van der Waals surface area contributed by atoms with Gasteiger partial charge in [-0.25, -0.2) is 4.79 Å². The van der Waals surface area contributed by atoms with Crippen molar-refractivity contribution in [3.05, 3.63) is 0 Å². The van der Waals surface area contributed by atoms with Crippen LogP contribution in [0.1, 0.15) is 27.2 Å². The predicted octanol–water partition coefficient (Wildman–Crippen LogP) is 1.59. The maximum Gasteiger partial charge on any atom is 0.407 e. The molecule has 0 aromatic rings. The molecule has 0 saturated carbocycles. The van der Waals surface area contributed by atoms with Crippen molar-refractivity contribution in [1.82, 2.24) is 5.32 Å². The quantitative estimate of drug-likeness (QED) is 0.758. The van der Waals surface area contributed by atoms with Crippen LogP contribution in [0, 0.1) is 0 Å². The average molecular weight is 234 g/mol. The lowest BCUT2D eigenvalue weighted by molar-refractivity contribution is 0.0505. The fourth-order valence-corrected chi connectivity index (χ4v) is 1.50. The molecule has 0 bridgehead atoms. The Morgan fingerprint density at radius 2 is 2.13 bits per heavy atom. The van der Waals surface area contributed by atoms with Crippen LogP contribution in [0.25, 0.3) is 0 Å². The first-order valence-corrected chi connectivity index (χ1v) is 6.47. The zero-order valence-electron chi connectivity index (χ0n) is 10.0. The van der Waals surface area contributed by atoms with Gasteiger partial charge in [-0.15, -0.1) is 0 Å². The van der Waals surface area contributed by atoms with Crippen molar-refractivity contribution in [3.63, 3.8) is 0 Å². The summed E-state index contributed by atoms with van der Waals surface area (Å²) < 4.78 is 5.14. The highest BCUT2D eigenvalue weighted by atomic mass is 32.2. The molecule has 1 amide bonds. The second-order valence-electron chi connectivity index (χ2n) is 4.36. The van der Waals surface area contributed by atoms with Gasteiger partial charge in [0.25, 0.3) is 0 Å². The van der Waals surface area contributed by atoms with Crippen molar-refractivity contribution in [1.29, 1.82) is 0 Å². The number of hydrogen-bond donors (Lipinski definition) is 2. The van der Waals surface area contributed by atoms with Gasteiger partial charge in [0.1, 0.15) is 5.60 Å². The van der Waals surface area contributed by atoms with E-state index in [4.69, 9.17) is 10.5 Å². The molecule has 0 aliphatic rings. The molecule has 15 heavy (non-hydrogen) atoms. The molecule has 0 heterocycles. The normalized spacial score (nSPS) is 13.4. The summed E-state index contributed by atoms with van der Waals surface area (Å²) in [6.45, 7) is 5.96. The highest BCUT2D eigenvalue weighted by molar-refractivity contribution is 7.98. The third-order valence-electron chi connectivity index (χ3n) is 1.68. The Morgan fingerprint density at radius 1 is 1.53 bits per heavy atom. The minimum absolute atomic E-state index is 0.00676. The van der Waals surface area contributed by atoms with E-state index in [1.54, 1.807) is 11.8 Å². The lowest BCUT2D eigenvalue weighted by Gasteiger charge is -2.22. The molecule has 0 radical (unpaired) electrons. The van der Waals surface area contributed by atoms with Gasteiger partial charge in [-0.3, -0.25) is 0 Å². The molecule has 4 nitrogen and oxygen atoms in total. The summed E-state index contributed by atoms with van der Waals surface area (Å²) in [6.07, 6.45) is 2.51. The van der Waals surface area contributed by atoms with E-state index in [1.165, 1.54) is 0 Å². The zero-order valence-corrected chi connectivity index (χ0v) is 10.8. The molecule has 0 aliphatic heterocycles. The van der Waals surface area contributed by atoms with Gasteiger partial charge < -0.3 is 15.8 Å². The number of nitrogens with one attached hydrogen (secondary N) is 1. The first-order chi connectivity index (χ1) is 6.89. The Kier molecular flexibility index (Phi) is 6.76. The van der Waals surface area contributed by atoms with Gasteiger partial charge in [0.15, 0.2) is 0 Å². The maximum absolute atomic E-state index is 11.4.